The van der Waals surface area contributed by atoms with E-state index in [9.17, 15) is 0 Å². The lowest BCUT2D eigenvalue weighted by molar-refractivity contribution is 1.24. The first-order valence-corrected chi connectivity index (χ1v) is 19.6. The highest BCUT2D eigenvalue weighted by Gasteiger charge is 2.15. The lowest BCUT2D eigenvalue weighted by Crippen LogP contribution is -1.90. The molecular formula is C54H50N4. The SMILES string of the molecule is C/C=C\C.C=C/C(C)=C\C=NC.N/C=C1/C=CC=CC1.c1cncc(-c2ccc3ccc4c(-c5ccc(-c6cncc7ccccc67)cc5)ccc5ccc2c3c54)c1. The van der Waals surface area contributed by atoms with Gasteiger partial charge in [0, 0.05) is 54.6 Å². The van der Waals surface area contributed by atoms with Crippen LogP contribution in [-0.4, -0.2) is 23.2 Å². The minimum absolute atomic E-state index is 0.979. The molecule has 0 saturated heterocycles. The third-order valence-electron chi connectivity index (χ3n) is 10.1. The summed E-state index contributed by atoms with van der Waals surface area (Å²) < 4.78 is 0. The minimum Gasteiger partial charge on any atom is -0.404 e. The van der Waals surface area contributed by atoms with Crippen LogP contribution in [0.25, 0.3) is 76.5 Å². The molecule has 286 valence electrons. The lowest BCUT2D eigenvalue weighted by Gasteiger charge is -2.16. The van der Waals surface area contributed by atoms with Gasteiger partial charge in [-0.3, -0.25) is 15.0 Å². The van der Waals surface area contributed by atoms with E-state index in [1.165, 1.54) is 65.5 Å². The molecule has 0 radical (unpaired) electrons. The van der Waals surface area contributed by atoms with Gasteiger partial charge >= 0.3 is 0 Å². The summed E-state index contributed by atoms with van der Waals surface area (Å²) in [5.74, 6) is 0. The Morgan fingerprint density at radius 2 is 1.28 bits per heavy atom. The van der Waals surface area contributed by atoms with E-state index in [0.717, 1.165) is 28.5 Å². The average molecular weight is 755 g/mol. The second-order valence-electron chi connectivity index (χ2n) is 13.8. The average Bonchev–Trinajstić information content (AvgIpc) is 3.30. The van der Waals surface area contributed by atoms with Gasteiger partial charge < -0.3 is 5.73 Å². The highest BCUT2D eigenvalue weighted by molar-refractivity contribution is 6.27. The first-order valence-electron chi connectivity index (χ1n) is 19.6. The van der Waals surface area contributed by atoms with Gasteiger partial charge in [0.2, 0.25) is 0 Å². The molecule has 4 nitrogen and oxygen atoms in total. The Hall–Kier alpha value is -7.17. The van der Waals surface area contributed by atoms with Gasteiger partial charge in [-0.1, -0.05) is 158 Å². The first-order chi connectivity index (χ1) is 28.5. The van der Waals surface area contributed by atoms with Crippen molar-refractivity contribution in [2.45, 2.75) is 27.2 Å². The first kappa shape index (κ1) is 40.5. The molecule has 1 aliphatic carbocycles. The zero-order valence-corrected chi connectivity index (χ0v) is 33.8. The molecule has 0 spiro atoms. The Balaban J connectivity index is 0.000000234. The smallest absolute Gasteiger partial charge is 0.0352 e. The molecule has 0 fully saturated rings. The van der Waals surface area contributed by atoms with Gasteiger partial charge in [-0.05, 0) is 111 Å². The number of nitrogens with zero attached hydrogens (tertiary/aromatic N) is 3. The van der Waals surface area contributed by atoms with Crippen LogP contribution in [0.2, 0.25) is 0 Å². The number of hydrogen-bond donors (Lipinski definition) is 1. The Morgan fingerprint density at radius 1 is 0.638 bits per heavy atom. The van der Waals surface area contributed by atoms with Crippen molar-refractivity contribution < 1.29 is 0 Å². The molecule has 2 aromatic heterocycles. The number of allylic oxidation sites excluding steroid dienone is 10. The highest BCUT2D eigenvalue weighted by Crippen LogP contribution is 2.42. The zero-order valence-electron chi connectivity index (χ0n) is 33.8. The van der Waals surface area contributed by atoms with Gasteiger partial charge in [-0.2, -0.15) is 0 Å². The predicted octanol–water partition coefficient (Wildman–Crippen LogP) is 14.3. The number of hydrogen-bond acceptors (Lipinski definition) is 4. The van der Waals surface area contributed by atoms with Crippen LogP contribution >= 0.6 is 0 Å². The third kappa shape index (κ3) is 9.43. The van der Waals surface area contributed by atoms with Crippen molar-refractivity contribution >= 4 is 49.3 Å². The number of aliphatic imine (C=N–C) groups is 1. The highest BCUT2D eigenvalue weighted by atomic mass is 14.6. The van der Waals surface area contributed by atoms with E-state index in [0.29, 0.717) is 0 Å². The maximum absolute atomic E-state index is 5.26. The van der Waals surface area contributed by atoms with Crippen LogP contribution in [-0.2, 0) is 0 Å². The maximum Gasteiger partial charge on any atom is 0.0352 e. The van der Waals surface area contributed by atoms with Crippen molar-refractivity contribution in [1.29, 1.82) is 0 Å². The molecule has 9 rings (SSSR count). The summed E-state index contributed by atoms with van der Waals surface area (Å²) in [5.41, 5.74) is 14.7. The van der Waals surface area contributed by atoms with Crippen molar-refractivity contribution in [3.05, 3.63) is 207 Å². The van der Waals surface area contributed by atoms with Crippen LogP contribution in [0.3, 0.4) is 0 Å². The number of fused-ring (bicyclic) bond motifs is 1. The predicted molar refractivity (Wildman–Crippen MR) is 254 cm³/mol. The van der Waals surface area contributed by atoms with Gasteiger partial charge in [0.25, 0.3) is 0 Å². The molecular weight excluding hydrogens is 705 g/mol. The molecule has 0 atom stereocenters. The molecule has 0 saturated carbocycles. The summed E-state index contributed by atoms with van der Waals surface area (Å²) in [7, 11) is 1.74. The van der Waals surface area contributed by atoms with Crippen molar-refractivity contribution in [3.8, 4) is 33.4 Å². The van der Waals surface area contributed by atoms with Gasteiger partial charge in [-0.15, -0.1) is 0 Å². The van der Waals surface area contributed by atoms with Crippen LogP contribution in [0.1, 0.15) is 27.2 Å². The number of aromatic nitrogens is 2. The molecule has 58 heavy (non-hydrogen) atoms. The lowest BCUT2D eigenvalue weighted by atomic mass is 9.87. The van der Waals surface area contributed by atoms with Gasteiger partial charge in [0.05, 0.1) is 0 Å². The van der Waals surface area contributed by atoms with Crippen molar-refractivity contribution in [2.75, 3.05) is 7.05 Å². The quantitative estimate of drug-likeness (QED) is 0.0823. The molecule has 2 N–H and O–H groups in total. The molecule has 0 bridgehead atoms. The van der Waals surface area contributed by atoms with Crippen LogP contribution in [0.4, 0.5) is 0 Å². The monoisotopic (exact) mass is 754 g/mol. The van der Waals surface area contributed by atoms with Gasteiger partial charge in [0.1, 0.15) is 0 Å². The second kappa shape index (κ2) is 20.1. The Bertz CT molecular complexity index is 2790. The van der Waals surface area contributed by atoms with Crippen molar-refractivity contribution in [2.24, 2.45) is 10.7 Å². The summed E-state index contributed by atoms with van der Waals surface area (Å²) in [5, 5.41) is 10.1. The normalized spacial score (nSPS) is 13.1. The molecule has 2 heterocycles. The van der Waals surface area contributed by atoms with Gasteiger partial charge in [-0.25, -0.2) is 0 Å². The molecule has 0 amide bonds. The van der Waals surface area contributed by atoms with Crippen LogP contribution in [0.5, 0.6) is 0 Å². The molecule has 0 aliphatic heterocycles. The van der Waals surface area contributed by atoms with E-state index in [2.05, 4.69) is 131 Å². The molecule has 1 aliphatic rings. The van der Waals surface area contributed by atoms with Crippen LogP contribution in [0.15, 0.2) is 212 Å². The van der Waals surface area contributed by atoms with E-state index in [4.69, 9.17) is 5.73 Å². The van der Waals surface area contributed by atoms with Crippen LogP contribution < -0.4 is 5.73 Å². The fraction of sp³-hybridized carbons (Fsp3) is 0.0926. The molecule has 8 aromatic rings. The number of nitrogens with two attached hydrogens (primary N) is 1. The fourth-order valence-electron chi connectivity index (χ4n) is 6.92. The van der Waals surface area contributed by atoms with E-state index in [1.54, 1.807) is 25.5 Å². The topological polar surface area (TPSA) is 64.2 Å². The standard InChI is InChI=1S/C36H22N2.C7H9N.C7H11N.C4H8/c1-2-6-29-27(4-1)21-38-22-34(29)24-9-7-23(8-10-24)30-15-11-25-14-18-33-31(28-5-3-19-37-20-28)16-12-26-13-17-32(30)35(25)36(26)33;8-6-7-4-2-1-3-5-7;1-4-7(2)5-6-8-3;1-3-4-2/h1-22H;1-4,6H,5,8H2;4-6H,1H2,2-3H3;3-4H,1-2H3/b;7-6-;7-5-,8-6?;4-3-. The Kier molecular flexibility index (Phi) is 14.1. The fourth-order valence-corrected chi connectivity index (χ4v) is 6.92. The van der Waals surface area contributed by atoms with E-state index < -0.39 is 0 Å². The Morgan fingerprint density at radius 3 is 1.83 bits per heavy atom. The summed E-state index contributed by atoms with van der Waals surface area (Å²) in [4.78, 5) is 12.6. The van der Waals surface area contributed by atoms with E-state index in [-0.39, 0.29) is 0 Å². The van der Waals surface area contributed by atoms with E-state index in [1.807, 2.05) is 88.1 Å². The third-order valence-corrected chi connectivity index (χ3v) is 10.1. The largest absolute Gasteiger partial charge is 0.404 e. The van der Waals surface area contributed by atoms with Crippen molar-refractivity contribution in [3.63, 3.8) is 0 Å². The van der Waals surface area contributed by atoms with Crippen LogP contribution in [0, 0.1) is 0 Å². The molecule has 4 heteroatoms. The summed E-state index contributed by atoms with van der Waals surface area (Å²) in [6, 6.07) is 39.5. The Labute approximate surface area is 342 Å². The number of benzene rings is 6. The van der Waals surface area contributed by atoms with Crippen molar-refractivity contribution in [1.82, 2.24) is 9.97 Å². The number of pyridine rings is 2. The molecule has 0 unspecified atom stereocenters. The summed E-state index contributed by atoms with van der Waals surface area (Å²) in [6.45, 7) is 9.56. The minimum atomic E-state index is 0.979. The number of rotatable bonds is 5. The zero-order chi connectivity index (χ0) is 40.7. The molecule has 6 aromatic carbocycles. The second-order valence-corrected chi connectivity index (χ2v) is 13.8. The van der Waals surface area contributed by atoms with Gasteiger partial charge in [0.15, 0.2) is 0 Å². The maximum atomic E-state index is 5.26. The van der Waals surface area contributed by atoms with E-state index >= 15 is 0 Å². The summed E-state index contributed by atoms with van der Waals surface area (Å²) in [6.07, 6.45) is 27.8. The summed E-state index contributed by atoms with van der Waals surface area (Å²) >= 11 is 0.